The van der Waals surface area contributed by atoms with Crippen LogP contribution in [0.4, 0.5) is 4.39 Å². The summed E-state index contributed by atoms with van der Waals surface area (Å²) in [5.41, 5.74) is 0.975. The molecule has 0 unspecified atom stereocenters. The second-order valence-electron chi connectivity index (χ2n) is 2.62. The third-order valence-electron chi connectivity index (χ3n) is 1.66. The number of carbonyl (C=O) groups excluding carboxylic acids is 1. The highest BCUT2D eigenvalue weighted by atomic mass is 79.9. The Balaban J connectivity index is 3.04. The van der Waals surface area contributed by atoms with Gasteiger partial charge in [-0.3, -0.25) is 4.79 Å². The fraction of sp³-hybridized carbons (Fsp3) is 0.100. The number of hydrogen-bond acceptors (Lipinski definition) is 1. The first kappa shape index (κ1) is 10.1. The maximum Gasteiger partial charge on any atom is 0.186 e. The van der Waals surface area contributed by atoms with Crippen LogP contribution in [0.5, 0.6) is 0 Å². The molecule has 68 valence electrons. The van der Waals surface area contributed by atoms with Gasteiger partial charge in [0.15, 0.2) is 5.78 Å². The first-order valence-corrected chi connectivity index (χ1v) is 4.64. The van der Waals surface area contributed by atoms with E-state index < -0.39 is 0 Å². The lowest BCUT2D eigenvalue weighted by Gasteiger charge is -1.98. The van der Waals surface area contributed by atoms with Crippen molar-refractivity contribution in [1.82, 2.24) is 0 Å². The van der Waals surface area contributed by atoms with E-state index in [1.165, 1.54) is 29.3 Å². The number of benzene rings is 1. The zero-order valence-electron chi connectivity index (χ0n) is 7.05. The summed E-state index contributed by atoms with van der Waals surface area (Å²) in [7, 11) is 0. The average molecular weight is 243 g/mol. The molecule has 0 bridgehead atoms. The summed E-state index contributed by atoms with van der Waals surface area (Å²) in [5.74, 6) is -0.431. The van der Waals surface area contributed by atoms with E-state index in [0.29, 0.717) is 11.1 Å². The van der Waals surface area contributed by atoms with E-state index in [1.54, 1.807) is 6.92 Å². The minimum absolute atomic E-state index is 0.139. The van der Waals surface area contributed by atoms with Crippen molar-refractivity contribution in [2.75, 3.05) is 0 Å². The van der Waals surface area contributed by atoms with Crippen LogP contribution in [0.15, 0.2) is 29.3 Å². The lowest BCUT2D eigenvalue weighted by Crippen LogP contribution is -1.95. The molecule has 0 aliphatic heterocycles. The first-order chi connectivity index (χ1) is 6.15. The van der Waals surface area contributed by atoms with Crippen molar-refractivity contribution in [3.8, 4) is 0 Å². The van der Waals surface area contributed by atoms with E-state index in [2.05, 4.69) is 15.9 Å². The van der Waals surface area contributed by atoms with Gasteiger partial charge in [0.1, 0.15) is 5.82 Å². The number of aryl methyl sites for hydroxylation is 1. The number of ketones is 1. The van der Waals surface area contributed by atoms with Gasteiger partial charge in [-0.15, -0.1) is 0 Å². The SMILES string of the molecule is Cc1cc(C(=O)/C=C/Br)ccc1F. The van der Waals surface area contributed by atoms with E-state index in [-0.39, 0.29) is 11.6 Å². The largest absolute Gasteiger partial charge is 0.289 e. The Kier molecular flexibility index (Phi) is 3.37. The van der Waals surface area contributed by atoms with E-state index in [1.807, 2.05) is 0 Å². The predicted molar refractivity (Wildman–Crippen MR) is 53.5 cm³/mol. The molecule has 1 rings (SSSR count). The molecule has 0 radical (unpaired) electrons. The number of halogens is 2. The van der Waals surface area contributed by atoms with E-state index in [0.717, 1.165) is 0 Å². The van der Waals surface area contributed by atoms with Gasteiger partial charge < -0.3 is 0 Å². The lowest BCUT2D eigenvalue weighted by atomic mass is 10.1. The Hall–Kier alpha value is -0.960. The molecule has 0 atom stereocenters. The highest BCUT2D eigenvalue weighted by molar-refractivity contribution is 9.11. The molecule has 0 amide bonds. The van der Waals surface area contributed by atoms with Gasteiger partial charge in [-0.05, 0) is 41.7 Å². The van der Waals surface area contributed by atoms with Crippen molar-refractivity contribution in [3.05, 3.63) is 46.2 Å². The minimum Gasteiger partial charge on any atom is -0.289 e. The van der Waals surface area contributed by atoms with Crippen molar-refractivity contribution >= 4 is 21.7 Å². The van der Waals surface area contributed by atoms with E-state index in [9.17, 15) is 9.18 Å². The van der Waals surface area contributed by atoms with Crippen LogP contribution in [-0.4, -0.2) is 5.78 Å². The smallest absolute Gasteiger partial charge is 0.186 e. The Labute approximate surface area is 84.4 Å². The zero-order valence-corrected chi connectivity index (χ0v) is 8.64. The fourth-order valence-electron chi connectivity index (χ4n) is 0.951. The maximum atomic E-state index is 12.8. The standard InChI is InChI=1S/C10H8BrFO/c1-7-6-8(2-3-9(7)12)10(13)4-5-11/h2-6H,1H3/b5-4+. The van der Waals surface area contributed by atoms with Crippen LogP contribution < -0.4 is 0 Å². The summed E-state index contributed by atoms with van der Waals surface area (Å²) in [6.45, 7) is 1.63. The van der Waals surface area contributed by atoms with Crippen LogP contribution in [0, 0.1) is 12.7 Å². The predicted octanol–water partition coefficient (Wildman–Crippen LogP) is 3.23. The van der Waals surface area contributed by atoms with Crippen LogP contribution in [0.1, 0.15) is 15.9 Å². The van der Waals surface area contributed by atoms with Crippen molar-refractivity contribution in [3.63, 3.8) is 0 Å². The molecule has 1 aromatic carbocycles. The molecule has 0 aromatic heterocycles. The summed E-state index contributed by atoms with van der Waals surface area (Å²) in [5, 5.41) is 0. The molecule has 0 spiro atoms. The van der Waals surface area contributed by atoms with Gasteiger partial charge in [0.2, 0.25) is 0 Å². The Morgan fingerprint density at radius 3 is 2.77 bits per heavy atom. The molecule has 13 heavy (non-hydrogen) atoms. The molecule has 1 nitrogen and oxygen atoms in total. The Morgan fingerprint density at radius 1 is 1.54 bits per heavy atom. The highest BCUT2D eigenvalue weighted by Gasteiger charge is 2.03. The van der Waals surface area contributed by atoms with Gasteiger partial charge in [0.05, 0.1) is 0 Å². The van der Waals surface area contributed by atoms with Gasteiger partial charge in [0.25, 0.3) is 0 Å². The van der Waals surface area contributed by atoms with Gasteiger partial charge in [0, 0.05) is 5.56 Å². The Bertz CT molecular complexity index is 358. The summed E-state index contributed by atoms with van der Waals surface area (Å²) < 4.78 is 12.8. The number of rotatable bonds is 2. The summed E-state index contributed by atoms with van der Waals surface area (Å²) in [4.78, 5) is 12.7. The van der Waals surface area contributed by atoms with Crippen LogP contribution in [0.3, 0.4) is 0 Å². The molecule has 0 saturated carbocycles. The monoisotopic (exact) mass is 242 g/mol. The van der Waals surface area contributed by atoms with Gasteiger partial charge in [-0.1, -0.05) is 15.9 Å². The number of hydrogen-bond donors (Lipinski definition) is 0. The molecule has 0 N–H and O–H groups in total. The Morgan fingerprint density at radius 2 is 2.23 bits per heavy atom. The van der Waals surface area contributed by atoms with E-state index >= 15 is 0 Å². The lowest BCUT2D eigenvalue weighted by molar-refractivity contribution is 0.104. The first-order valence-electron chi connectivity index (χ1n) is 3.72. The third-order valence-corrected chi connectivity index (χ3v) is 1.92. The zero-order chi connectivity index (χ0) is 9.84. The van der Waals surface area contributed by atoms with Crippen molar-refractivity contribution < 1.29 is 9.18 Å². The normalized spacial score (nSPS) is 10.7. The van der Waals surface area contributed by atoms with Gasteiger partial charge >= 0.3 is 0 Å². The summed E-state index contributed by atoms with van der Waals surface area (Å²) in [6, 6.07) is 4.30. The van der Waals surface area contributed by atoms with E-state index in [4.69, 9.17) is 0 Å². The summed E-state index contributed by atoms with van der Waals surface area (Å²) in [6.07, 6.45) is 1.38. The molecule has 1 aromatic rings. The minimum atomic E-state index is -0.292. The van der Waals surface area contributed by atoms with Gasteiger partial charge in [-0.2, -0.15) is 0 Å². The molecular weight excluding hydrogens is 235 g/mol. The molecule has 0 aliphatic rings. The molecule has 0 heterocycles. The topological polar surface area (TPSA) is 17.1 Å². The van der Waals surface area contributed by atoms with Crippen LogP contribution in [0.2, 0.25) is 0 Å². The molecule has 0 fully saturated rings. The highest BCUT2D eigenvalue weighted by Crippen LogP contribution is 2.10. The van der Waals surface area contributed by atoms with Gasteiger partial charge in [-0.25, -0.2) is 4.39 Å². The quantitative estimate of drug-likeness (QED) is 0.575. The number of carbonyl (C=O) groups is 1. The fourth-order valence-corrected chi connectivity index (χ4v) is 1.19. The van der Waals surface area contributed by atoms with Crippen LogP contribution >= 0.6 is 15.9 Å². The van der Waals surface area contributed by atoms with Crippen LogP contribution in [0.25, 0.3) is 0 Å². The second kappa shape index (κ2) is 4.33. The number of allylic oxidation sites excluding steroid dienone is 1. The summed E-state index contributed by atoms with van der Waals surface area (Å²) >= 11 is 3.00. The van der Waals surface area contributed by atoms with Crippen LogP contribution in [-0.2, 0) is 0 Å². The molecular formula is C10H8BrFO. The molecule has 0 aliphatic carbocycles. The van der Waals surface area contributed by atoms with Crippen molar-refractivity contribution in [2.45, 2.75) is 6.92 Å². The molecule has 0 saturated heterocycles. The second-order valence-corrected chi connectivity index (χ2v) is 3.15. The third kappa shape index (κ3) is 2.49. The molecule has 3 heteroatoms. The average Bonchev–Trinajstić information content (AvgIpc) is 2.10. The van der Waals surface area contributed by atoms with Crippen molar-refractivity contribution in [2.24, 2.45) is 0 Å². The maximum absolute atomic E-state index is 12.8. The van der Waals surface area contributed by atoms with Crippen molar-refractivity contribution in [1.29, 1.82) is 0 Å².